The number of carbonyl (C=O) groups is 2. The predicted octanol–water partition coefficient (Wildman–Crippen LogP) is 3.50. The molecule has 0 saturated heterocycles. The van der Waals surface area contributed by atoms with Crippen LogP contribution in [-0.2, 0) is 4.79 Å². The van der Waals surface area contributed by atoms with Crippen molar-refractivity contribution in [2.75, 3.05) is 18.0 Å². The van der Waals surface area contributed by atoms with E-state index in [1.807, 2.05) is 69.3 Å². The Kier molecular flexibility index (Phi) is 5.74. The van der Waals surface area contributed by atoms with Crippen molar-refractivity contribution in [1.82, 2.24) is 5.32 Å². The number of nitrogens with one attached hydrogen (secondary N) is 1. The molecule has 0 radical (unpaired) electrons. The van der Waals surface area contributed by atoms with Crippen LogP contribution in [0.5, 0.6) is 0 Å². The number of rotatable bonds is 5. The zero-order valence-corrected chi connectivity index (χ0v) is 14.5. The summed E-state index contributed by atoms with van der Waals surface area (Å²) in [7, 11) is 0. The van der Waals surface area contributed by atoms with E-state index in [-0.39, 0.29) is 11.8 Å². The summed E-state index contributed by atoms with van der Waals surface area (Å²) in [4.78, 5) is 26.5. The molecule has 2 amide bonds. The Bertz CT molecular complexity index is 676. The van der Waals surface area contributed by atoms with Crippen LogP contribution in [0.15, 0.2) is 60.7 Å². The second-order valence-electron chi connectivity index (χ2n) is 6.66. The van der Waals surface area contributed by atoms with Crippen LogP contribution in [0.2, 0.25) is 0 Å². The van der Waals surface area contributed by atoms with E-state index >= 15 is 0 Å². The molecule has 2 aromatic carbocycles. The molecule has 126 valence electrons. The Balaban J connectivity index is 2.13. The quantitative estimate of drug-likeness (QED) is 0.915. The molecule has 2 aromatic rings. The van der Waals surface area contributed by atoms with E-state index in [1.165, 1.54) is 0 Å². The van der Waals surface area contributed by atoms with Crippen molar-refractivity contribution in [2.24, 2.45) is 5.41 Å². The Labute approximate surface area is 143 Å². The van der Waals surface area contributed by atoms with Crippen molar-refractivity contribution >= 4 is 17.5 Å². The lowest BCUT2D eigenvalue weighted by atomic mass is 9.96. The maximum atomic E-state index is 12.8. The van der Waals surface area contributed by atoms with E-state index in [0.29, 0.717) is 18.7 Å². The Hall–Kier alpha value is -2.62. The van der Waals surface area contributed by atoms with Crippen molar-refractivity contribution in [2.45, 2.75) is 20.8 Å². The average Bonchev–Trinajstić information content (AvgIpc) is 2.58. The van der Waals surface area contributed by atoms with Gasteiger partial charge in [-0.15, -0.1) is 0 Å². The summed E-state index contributed by atoms with van der Waals surface area (Å²) in [5.41, 5.74) is 1.00. The van der Waals surface area contributed by atoms with Gasteiger partial charge in [-0.2, -0.15) is 0 Å². The average molecular weight is 324 g/mol. The summed E-state index contributed by atoms with van der Waals surface area (Å²) < 4.78 is 0. The minimum Gasteiger partial charge on any atom is -0.354 e. The lowest BCUT2D eigenvalue weighted by Crippen LogP contribution is -2.42. The number of anilines is 1. The normalized spacial score (nSPS) is 11.0. The van der Waals surface area contributed by atoms with Crippen molar-refractivity contribution in [1.29, 1.82) is 0 Å². The maximum absolute atomic E-state index is 12.8. The summed E-state index contributed by atoms with van der Waals surface area (Å²) >= 11 is 0. The molecule has 4 heteroatoms. The summed E-state index contributed by atoms with van der Waals surface area (Å²) in [6.45, 7) is 6.42. The lowest BCUT2D eigenvalue weighted by Gasteiger charge is -2.24. The lowest BCUT2D eigenvalue weighted by molar-refractivity contribution is -0.128. The highest BCUT2D eigenvalue weighted by atomic mass is 16.2. The number of hydrogen-bond acceptors (Lipinski definition) is 2. The molecule has 0 spiro atoms. The van der Waals surface area contributed by atoms with Crippen LogP contribution in [-0.4, -0.2) is 24.9 Å². The molecule has 0 aliphatic rings. The van der Waals surface area contributed by atoms with Crippen molar-refractivity contribution in [3.63, 3.8) is 0 Å². The zero-order chi connectivity index (χ0) is 17.6. The maximum Gasteiger partial charge on any atom is 0.258 e. The first-order valence-corrected chi connectivity index (χ1v) is 8.10. The van der Waals surface area contributed by atoms with E-state index in [2.05, 4.69) is 5.32 Å². The highest BCUT2D eigenvalue weighted by molar-refractivity contribution is 6.06. The van der Waals surface area contributed by atoms with Gasteiger partial charge in [0, 0.05) is 29.8 Å². The molecule has 0 bridgehead atoms. The number of benzene rings is 2. The molecule has 0 saturated carbocycles. The van der Waals surface area contributed by atoms with Gasteiger partial charge in [-0.1, -0.05) is 57.2 Å². The van der Waals surface area contributed by atoms with Gasteiger partial charge in [0.2, 0.25) is 5.91 Å². The van der Waals surface area contributed by atoms with Crippen LogP contribution >= 0.6 is 0 Å². The summed E-state index contributed by atoms with van der Waals surface area (Å²) in [6, 6.07) is 18.7. The third kappa shape index (κ3) is 4.69. The van der Waals surface area contributed by atoms with E-state index in [0.717, 1.165) is 5.69 Å². The smallest absolute Gasteiger partial charge is 0.258 e. The minimum absolute atomic E-state index is 0.0253. The second-order valence-corrected chi connectivity index (χ2v) is 6.66. The third-order valence-corrected chi connectivity index (χ3v) is 3.64. The van der Waals surface area contributed by atoms with Crippen LogP contribution < -0.4 is 10.2 Å². The van der Waals surface area contributed by atoms with E-state index in [9.17, 15) is 9.59 Å². The fourth-order valence-electron chi connectivity index (χ4n) is 2.24. The third-order valence-electron chi connectivity index (χ3n) is 3.64. The van der Waals surface area contributed by atoms with Gasteiger partial charge in [0.1, 0.15) is 0 Å². The van der Waals surface area contributed by atoms with E-state index < -0.39 is 5.41 Å². The van der Waals surface area contributed by atoms with Gasteiger partial charge < -0.3 is 10.2 Å². The summed E-state index contributed by atoms with van der Waals surface area (Å²) in [5.74, 6) is -0.102. The molecule has 4 nitrogen and oxygen atoms in total. The highest BCUT2D eigenvalue weighted by Crippen LogP contribution is 2.17. The summed E-state index contributed by atoms with van der Waals surface area (Å²) in [6.07, 6.45) is 0. The van der Waals surface area contributed by atoms with Gasteiger partial charge in [-0.25, -0.2) is 0 Å². The number of amides is 2. The number of nitrogens with zero attached hydrogens (tertiary/aromatic N) is 1. The Morgan fingerprint density at radius 3 is 2.00 bits per heavy atom. The highest BCUT2D eigenvalue weighted by Gasteiger charge is 2.22. The van der Waals surface area contributed by atoms with Gasteiger partial charge in [-0.3, -0.25) is 9.59 Å². The van der Waals surface area contributed by atoms with Crippen molar-refractivity contribution in [3.8, 4) is 0 Å². The second kappa shape index (κ2) is 7.77. The van der Waals surface area contributed by atoms with Crippen LogP contribution in [0.4, 0.5) is 5.69 Å². The first-order chi connectivity index (χ1) is 11.4. The van der Waals surface area contributed by atoms with Gasteiger partial charge in [0.05, 0.1) is 0 Å². The van der Waals surface area contributed by atoms with Crippen molar-refractivity contribution < 1.29 is 9.59 Å². The fourth-order valence-corrected chi connectivity index (χ4v) is 2.24. The largest absolute Gasteiger partial charge is 0.354 e. The number of carbonyl (C=O) groups excluding carboxylic acids is 2. The van der Waals surface area contributed by atoms with E-state index in [1.54, 1.807) is 17.0 Å². The topological polar surface area (TPSA) is 49.4 Å². The first kappa shape index (κ1) is 17.7. The predicted molar refractivity (Wildman–Crippen MR) is 97.0 cm³/mol. The standard InChI is InChI=1S/C20H24N2O2/c1-20(2,3)19(24)21-14-15-22(17-12-8-5-9-13-17)18(23)16-10-6-4-7-11-16/h4-13H,14-15H2,1-3H3,(H,21,24). The molecule has 2 rings (SSSR count). The first-order valence-electron chi connectivity index (χ1n) is 8.10. The van der Waals surface area contributed by atoms with Crippen LogP contribution in [0.25, 0.3) is 0 Å². The fraction of sp³-hybridized carbons (Fsp3) is 0.300. The van der Waals surface area contributed by atoms with Crippen molar-refractivity contribution in [3.05, 3.63) is 66.2 Å². The molecule has 0 aliphatic carbocycles. The van der Waals surface area contributed by atoms with Gasteiger partial charge in [0.15, 0.2) is 0 Å². The molecule has 0 aromatic heterocycles. The van der Waals surface area contributed by atoms with Crippen LogP contribution in [0, 0.1) is 5.41 Å². The molecule has 1 N–H and O–H groups in total. The molecule has 0 aliphatic heterocycles. The molecule has 0 unspecified atom stereocenters. The molecule has 0 atom stereocenters. The zero-order valence-electron chi connectivity index (χ0n) is 14.5. The van der Waals surface area contributed by atoms with Gasteiger partial charge in [-0.05, 0) is 24.3 Å². The number of hydrogen-bond donors (Lipinski definition) is 1. The SMILES string of the molecule is CC(C)(C)C(=O)NCCN(C(=O)c1ccccc1)c1ccccc1. The number of para-hydroxylation sites is 1. The Morgan fingerprint density at radius 2 is 1.46 bits per heavy atom. The molecule has 24 heavy (non-hydrogen) atoms. The molecule has 0 fully saturated rings. The van der Waals surface area contributed by atoms with E-state index in [4.69, 9.17) is 0 Å². The molecular formula is C20H24N2O2. The van der Waals surface area contributed by atoms with Gasteiger partial charge >= 0.3 is 0 Å². The van der Waals surface area contributed by atoms with Crippen LogP contribution in [0.3, 0.4) is 0 Å². The van der Waals surface area contributed by atoms with Gasteiger partial charge in [0.25, 0.3) is 5.91 Å². The minimum atomic E-state index is -0.443. The molecule has 0 heterocycles. The monoisotopic (exact) mass is 324 g/mol. The Morgan fingerprint density at radius 1 is 0.917 bits per heavy atom. The molecular weight excluding hydrogens is 300 g/mol. The summed E-state index contributed by atoms with van der Waals surface area (Å²) in [5, 5.41) is 2.90. The van der Waals surface area contributed by atoms with Crippen LogP contribution in [0.1, 0.15) is 31.1 Å².